The van der Waals surface area contributed by atoms with Crippen molar-refractivity contribution in [1.82, 2.24) is 4.72 Å². The molecule has 0 radical (unpaired) electrons. The molecule has 1 aliphatic rings. The van der Waals surface area contributed by atoms with E-state index in [-0.39, 0.29) is 17.9 Å². The van der Waals surface area contributed by atoms with Crippen LogP contribution in [0, 0.1) is 0 Å². The first-order valence-corrected chi connectivity index (χ1v) is 12.2. The van der Waals surface area contributed by atoms with Gasteiger partial charge in [0.05, 0.1) is 17.9 Å². The molecule has 1 saturated heterocycles. The van der Waals surface area contributed by atoms with Gasteiger partial charge in [-0.15, -0.1) is 0 Å². The average Bonchev–Trinajstić information content (AvgIpc) is 2.77. The predicted molar refractivity (Wildman–Crippen MR) is 122 cm³/mol. The smallest absolute Gasteiger partial charge is 0.307 e. The minimum absolute atomic E-state index is 0.0536. The van der Waals surface area contributed by atoms with Gasteiger partial charge in [0.2, 0.25) is 15.9 Å². The molecule has 0 aliphatic carbocycles. The van der Waals surface area contributed by atoms with Crippen LogP contribution in [-0.4, -0.2) is 50.9 Å². The molecular weight excluding hydrogens is 472 g/mol. The van der Waals surface area contributed by atoms with Crippen LogP contribution in [0.4, 0.5) is 5.69 Å². The van der Waals surface area contributed by atoms with Gasteiger partial charge in [-0.25, -0.2) is 8.42 Å². The number of aliphatic carboxylic acids is 1. The van der Waals surface area contributed by atoms with Gasteiger partial charge in [-0.1, -0.05) is 23.7 Å². The summed E-state index contributed by atoms with van der Waals surface area (Å²) in [5, 5.41) is 12.0. The Bertz CT molecular complexity index is 1070. The maximum atomic E-state index is 13.0. The number of rotatable bonds is 10. The molecule has 9 nitrogen and oxygen atoms in total. The van der Waals surface area contributed by atoms with Crippen LogP contribution >= 0.6 is 11.6 Å². The fraction of sp³-hybridized carbons (Fsp3) is 0.364. The molecule has 33 heavy (non-hydrogen) atoms. The molecule has 0 spiro atoms. The first-order chi connectivity index (χ1) is 15.7. The number of hydrogen-bond acceptors (Lipinski definition) is 6. The molecule has 3 rings (SSSR count). The summed E-state index contributed by atoms with van der Waals surface area (Å²) in [6.07, 6.45) is 1.75. The Hall–Kier alpha value is -2.50. The minimum atomic E-state index is -4.06. The van der Waals surface area contributed by atoms with Gasteiger partial charge in [0.15, 0.2) is 6.29 Å². The fourth-order valence-corrected chi connectivity index (χ4v) is 4.55. The van der Waals surface area contributed by atoms with Crippen molar-refractivity contribution >= 4 is 39.2 Å². The van der Waals surface area contributed by atoms with E-state index in [9.17, 15) is 18.0 Å². The standard InChI is InChI=1S/C22H25ClN2O7S/c23-16-7-9-18(10-8-16)33(29,30)25-19(14-32-21-6-1-2-11-31-21)22(28)24-17-5-3-4-15(12-17)13-20(26)27/h3-5,7-10,12,19,21,25H,1-2,6,11,13-14H2,(H,24,28)(H,26,27). The molecule has 0 aromatic heterocycles. The highest BCUT2D eigenvalue weighted by Gasteiger charge is 2.28. The lowest BCUT2D eigenvalue weighted by molar-refractivity contribution is -0.166. The quantitative estimate of drug-likeness (QED) is 0.461. The maximum absolute atomic E-state index is 13.0. The second-order valence-electron chi connectivity index (χ2n) is 7.52. The third kappa shape index (κ3) is 7.79. The van der Waals surface area contributed by atoms with Gasteiger partial charge >= 0.3 is 5.97 Å². The zero-order valence-corrected chi connectivity index (χ0v) is 19.3. The second-order valence-corrected chi connectivity index (χ2v) is 9.67. The molecule has 11 heteroatoms. The molecule has 2 aromatic carbocycles. The van der Waals surface area contributed by atoms with Gasteiger partial charge in [-0.05, 0) is 61.2 Å². The van der Waals surface area contributed by atoms with Crippen molar-refractivity contribution in [3.05, 3.63) is 59.1 Å². The van der Waals surface area contributed by atoms with Gasteiger partial charge in [0, 0.05) is 17.3 Å². The second kappa shape index (κ2) is 11.6. The fourth-order valence-electron chi connectivity index (χ4n) is 3.24. The van der Waals surface area contributed by atoms with Crippen molar-refractivity contribution < 1.29 is 32.6 Å². The number of carboxylic acids is 1. The highest BCUT2D eigenvalue weighted by atomic mass is 35.5. The third-order valence-corrected chi connectivity index (χ3v) is 6.61. The molecule has 2 atom stereocenters. The lowest BCUT2D eigenvalue weighted by Gasteiger charge is -2.25. The third-order valence-electron chi connectivity index (χ3n) is 4.87. The molecular formula is C22H25ClN2O7S. The summed E-state index contributed by atoms with van der Waals surface area (Å²) in [6.45, 7) is 0.284. The van der Waals surface area contributed by atoms with Crippen LogP contribution in [0.3, 0.4) is 0 Å². The number of carboxylic acid groups (broad SMARTS) is 1. The van der Waals surface area contributed by atoms with E-state index in [0.717, 1.165) is 12.8 Å². The van der Waals surface area contributed by atoms with Crippen LogP contribution < -0.4 is 10.0 Å². The van der Waals surface area contributed by atoms with E-state index in [2.05, 4.69) is 10.0 Å². The summed E-state index contributed by atoms with van der Waals surface area (Å²) in [7, 11) is -4.06. The van der Waals surface area contributed by atoms with E-state index in [4.69, 9.17) is 26.2 Å². The van der Waals surface area contributed by atoms with Crippen LogP contribution in [0.1, 0.15) is 24.8 Å². The number of hydrogen-bond donors (Lipinski definition) is 3. The van der Waals surface area contributed by atoms with E-state index in [1.54, 1.807) is 18.2 Å². The van der Waals surface area contributed by atoms with Crippen molar-refractivity contribution in [3.63, 3.8) is 0 Å². The largest absolute Gasteiger partial charge is 0.481 e. The molecule has 2 aromatic rings. The van der Waals surface area contributed by atoms with E-state index >= 15 is 0 Å². The molecule has 3 N–H and O–H groups in total. The van der Waals surface area contributed by atoms with Crippen molar-refractivity contribution in [1.29, 1.82) is 0 Å². The predicted octanol–water partition coefficient (Wildman–Crippen LogP) is 2.80. The van der Waals surface area contributed by atoms with Crippen LogP contribution in [0.5, 0.6) is 0 Å². The summed E-state index contributed by atoms with van der Waals surface area (Å²) < 4.78 is 39.3. The summed E-state index contributed by atoms with van der Waals surface area (Å²) in [5.74, 6) is -1.66. The van der Waals surface area contributed by atoms with Crippen molar-refractivity contribution in [3.8, 4) is 0 Å². The summed E-state index contributed by atoms with van der Waals surface area (Å²) >= 11 is 5.84. The normalized spacial score (nSPS) is 17.3. The minimum Gasteiger partial charge on any atom is -0.481 e. The van der Waals surface area contributed by atoms with Crippen LogP contribution in [0.25, 0.3) is 0 Å². The van der Waals surface area contributed by atoms with Gasteiger partial charge in [-0.2, -0.15) is 4.72 Å². The van der Waals surface area contributed by atoms with Crippen molar-refractivity contribution in [2.24, 2.45) is 0 Å². The molecule has 1 amide bonds. The van der Waals surface area contributed by atoms with E-state index in [1.807, 2.05) is 0 Å². The van der Waals surface area contributed by atoms with Crippen LogP contribution in [0.15, 0.2) is 53.4 Å². The monoisotopic (exact) mass is 496 g/mol. The molecule has 1 aliphatic heterocycles. The highest BCUT2D eigenvalue weighted by molar-refractivity contribution is 7.89. The van der Waals surface area contributed by atoms with Gasteiger partial charge in [0.1, 0.15) is 6.04 Å². The zero-order valence-electron chi connectivity index (χ0n) is 17.7. The SMILES string of the molecule is O=C(O)Cc1cccc(NC(=O)C(COC2CCCCO2)NS(=O)(=O)c2ccc(Cl)cc2)c1. The Morgan fingerprint density at radius 2 is 1.94 bits per heavy atom. The average molecular weight is 497 g/mol. The van der Waals surface area contributed by atoms with Crippen LogP contribution in [0.2, 0.25) is 5.02 Å². The number of halogens is 1. The van der Waals surface area contributed by atoms with E-state index < -0.39 is 34.2 Å². The molecule has 1 heterocycles. The zero-order chi connectivity index (χ0) is 23.8. The highest BCUT2D eigenvalue weighted by Crippen LogP contribution is 2.17. The Morgan fingerprint density at radius 3 is 2.61 bits per heavy atom. The number of sulfonamides is 1. The Kier molecular flexibility index (Phi) is 8.81. The number of anilines is 1. The summed E-state index contributed by atoms with van der Waals surface area (Å²) in [5.41, 5.74) is 0.828. The van der Waals surface area contributed by atoms with E-state index in [1.165, 1.54) is 30.3 Å². The molecule has 1 fully saturated rings. The van der Waals surface area contributed by atoms with Gasteiger partial charge < -0.3 is 19.9 Å². The number of benzene rings is 2. The number of carbonyl (C=O) groups excluding carboxylic acids is 1. The maximum Gasteiger partial charge on any atom is 0.307 e. The molecule has 0 saturated carbocycles. The lowest BCUT2D eigenvalue weighted by atomic mass is 10.1. The Labute approximate surface area is 197 Å². The number of amides is 1. The van der Waals surface area contributed by atoms with Crippen molar-refractivity contribution in [2.75, 3.05) is 18.5 Å². The lowest BCUT2D eigenvalue weighted by Crippen LogP contribution is -2.47. The molecule has 2 unspecified atom stereocenters. The molecule has 178 valence electrons. The summed E-state index contributed by atoms with van der Waals surface area (Å²) in [4.78, 5) is 23.9. The van der Waals surface area contributed by atoms with Crippen molar-refractivity contribution in [2.45, 2.75) is 42.9 Å². The Balaban J connectivity index is 1.75. The number of ether oxygens (including phenoxy) is 2. The van der Waals surface area contributed by atoms with E-state index in [0.29, 0.717) is 29.3 Å². The van der Waals surface area contributed by atoms with Gasteiger partial charge in [0.25, 0.3) is 0 Å². The summed E-state index contributed by atoms with van der Waals surface area (Å²) in [6, 6.07) is 10.6. The van der Waals surface area contributed by atoms with Crippen LogP contribution in [-0.2, 0) is 35.5 Å². The first kappa shape index (κ1) is 25.1. The number of carbonyl (C=O) groups is 2. The topological polar surface area (TPSA) is 131 Å². The Morgan fingerprint density at radius 1 is 1.18 bits per heavy atom. The molecule has 0 bridgehead atoms. The first-order valence-electron chi connectivity index (χ1n) is 10.4. The number of nitrogens with one attached hydrogen (secondary N) is 2. The van der Waals surface area contributed by atoms with Gasteiger partial charge in [-0.3, -0.25) is 9.59 Å².